The number of pyridine rings is 1. The third-order valence-corrected chi connectivity index (χ3v) is 10.2. The van der Waals surface area contributed by atoms with Crippen LogP contribution in [0.3, 0.4) is 0 Å². The SMILES string of the molecule is CCC(=O)OC[C@@]1(C)[C@@H]2C[C@H](OC(=O)CC)[C@@]3(C)Oc4cc(-c5cccnc5)oc(=O)c4[C@H](O)[C@@H]3[C@]2(C)CC[C@@H]1OC(C)=O. The summed E-state index contributed by atoms with van der Waals surface area (Å²) < 4.78 is 29.9. The Morgan fingerprint density at radius 1 is 1.09 bits per heavy atom. The van der Waals surface area contributed by atoms with Crippen molar-refractivity contribution < 1.29 is 42.9 Å². The number of fused-ring (bicyclic) bond motifs is 4. The standard InChI is InChI=1S/C33H41NO10/c1-7-25(36)40-17-32(5)22-15-24(43-26(37)8-2)33(6)29(31(22,4)12-11-23(32)41-18(3)35)28(38)27-21(44-33)14-20(42-30(27)39)19-10-9-13-34-16-19/h9-10,13-14,16,22-24,28-29,38H,7-8,11-12,15,17H2,1-6H3/t22-,23+,24+,28+,29-,31-,32+,33-/m1/s1. The Labute approximate surface area is 256 Å². The molecule has 2 fully saturated rings. The summed E-state index contributed by atoms with van der Waals surface area (Å²) in [4.78, 5) is 55.0. The Morgan fingerprint density at radius 3 is 2.45 bits per heavy atom. The van der Waals surface area contributed by atoms with Crippen molar-refractivity contribution >= 4 is 17.9 Å². The van der Waals surface area contributed by atoms with Crippen LogP contribution in [-0.2, 0) is 28.6 Å². The first-order valence-electron chi connectivity index (χ1n) is 15.3. The molecule has 0 bridgehead atoms. The summed E-state index contributed by atoms with van der Waals surface area (Å²) in [6.45, 7) is 10.4. The molecule has 2 aromatic heterocycles. The van der Waals surface area contributed by atoms with Crippen molar-refractivity contribution in [3.8, 4) is 17.1 Å². The third-order valence-electron chi connectivity index (χ3n) is 10.2. The number of aliphatic hydroxyl groups is 1. The van der Waals surface area contributed by atoms with Gasteiger partial charge in [-0.3, -0.25) is 19.4 Å². The predicted octanol–water partition coefficient (Wildman–Crippen LogP) is 4.54. The van der Waals surface area contributed by atoms with Gasteiger partial charge in [0.05, 0.1) is 6.10 Å². The summed E-state index contributed by atoms with van der Waals surface area (Å²) in [7, 11) is 0. The van der Waals surface area contributed by atoms with Crippen LogP contribution in [0.4, 0.5) is 0 Å². The van der Waals surface area contributed by atoms with Crippen LogP contribution in [0, 0.1) is 22.7 Å². The number of aliphatic hydroxyl groups excluding tert-OH is 1. The van der Waals surface area contributed by atoms with E-state index in [1.54, 1.807) is 44.4 Å². The fraction of sp³-hybridized carbons (Fsp3) is 0.606. The van der Waals surface area contributed by atoms with Gasteiger partial charge in [-0.05, 0) is 49.7 Å². The molecular weight excluding hydrogens is 570 g/mol. The van der Waals surface area contributed by atoms with Gasteiger partial charge in [0.25, 0.3) is 0 Å². The van der Waals surface area contributed by atoms with E-state index in [2.05, 4.69) is 4.98 Å². The Bertz CT molecular complexity index is 1490. The molecule has 0 saturated heterocycles. The van der Waals surface area contributed by atoms with E-state index in [9.17, 15) is 24.3 Å². The maximum absolute atomic E-state index is 13.5. The molecule has 0 aromatic carbocycles. The van der Waals surface area contributed by atoms with E-state index >= 15 is 0 Å². The highest BCUT2D eigenvalue weighted by Gasteiger charge is 2.70. The van der Waals surface area contributed by atoms with E-state index in [-0.39, 0.29) is 48.9 Å². The molecule has 11 heteroatoms. The number of hydrogen-bond donors (Lipinski definition) is 1. The summed E-state index contributed by atoms with van der Waals surface area (Å²) in [5, 5.41) is 12.2. The van der Waals surface area contributed by atoms with Crippen LogP contribution >= 0.6 is 0 Å². The van der Waals surface area contributed by atoms with Crippen LogP contribution in [0.2, 0.25) is 0 Å². The van der Waals surface area contributed by atoms with Crippen molar-refractivity contribution in [1.82, 2.24) is 4.98 Å². The molecule has 0 radical (unpaired) electrons. The van der Waals surface area contributed by atoms with Gasteiger partial charge in [0, 0.05) is 55.1 Å². The van der Waals surface area contributed by atoms with Gasteiger partial charge in [-0.25, -0.2) is 4.79 Å². The Morgan fingerprint density at radius 2 is 1.82 bits per heavy atom. The number of hydrogen-bond acceptors (Lipinski definition) is 11. The minimum Gasteiger partial charge on any atom is -0.482 e. The largest absolute Gasteiger partial charge is 0.482 e. The molecule has 0 spiro atoms. The highest BCUT2D eigenvalue weighted by atomic mass is 16.6. The lowest BCUT2D eigenvalue weighted by Crippen LogP contribution is -2.71. The van der Waals surface area contributed by atoms with Crippen LogP contribution in [0.1, 0.15) is 85.3 Å². The van der Waals surface area contributed by atoms with Crippen molar-refractivity contribution in [3.63, 3.8) is 0 Å². The van der Waals surface area contributed by atoms with Crippen molar-refractivity contribution in [2.45, 2.75) is 97.6 Å². The minimum absolute atomic E-state index is 0.0104. The lowest BCUT2D eigenvalue weighted by atomic mass is 9.42. The van der Waals surface area contributed by atoms with Crippen LogP contribution in [0.25, 0.3) is 11.3 Å². The Hall–Kier alpha value is -3.73. The van der Waals surface area contributed by atoms with Crippen molar-refractivity contribution in [3.05, 3.63) is 46.6 Å². The number of nitrogens with zero attached hydrogens (tertiary/aromatic N) is 1. The smallest absolute Gasteiger partial charge is 0.345 e. The van der Waals surface area contributed by atoms with E-state index in [4.69, 9.17) is 23.4 Å². The molecule has 1 aliphatic heterocycles. The van der Waals surface area contributed by atoms with E-state index in [1.807, 2.05) is 20.8 Å². The maximum Gasteiger partial charge on any atom is 0.345 e. The topological polar surface area (TPSA) is 151 Å². The van der Waals surface area contributed by atoms with Crippen molar-refractivity contribution in [1.29, 1.82) is 0 Å². The molecule has 5 rings (SSSR count). The predicted molar refractivity (Wildman–Crippen MR) is 156 cm³/mol. The molecule has 0 amide bonds. The number of rotatable bonds is 7. The van der Waals surface area contributed by atoms with E-state index in [0.29, 0.717) is 18.4 Å². The second-order valence-electron chi connectivity index (χ2n) is 12.9. The first kappa shape index (κ1) is 31.7. The zero-order valence-electron chi connectivity index (χ0n) is 26.1. The van der Waals surface area contributed by atoms with Crippen LogP contribution in [0.15, 0.2) is 39.8 Å². The molecule has 3 heterocycles. The average molecular weight is 612 g/mol. The van der Waals surface area contributed by atoms with Gasteiger partial charge in [-0.1, -0.05) is 27.7 Å². The number of carbonyl (C=O) groups excluding carboxylic acids is 3. The lowest BCUT2D eigenvalue weighted by molar-refractivity contribution is -0.271. The molecule has 3 aliphatic rings. The summed E-state index contributed by atoms with van der Waals surface area (Å²) in [5.41, 5.74) is -3.09. The summed E-state index contributed by atoms with van der Waals surface area (Å²) in [6.07, 6.45) is 1.86. The zero-order chi connectivity index (χ0) is 32.0. The van der Waals surface area contributed by atoms with Gasteiger partial charge >= 0.3 is 23.5 Å². The second kappa shape index (κ2) is 11.6. The van der Waals surface area contributed by atoms with E-state index in [1.165, 1.54) is 6.92 Å². The second-order valence-corrected chi connectivity index (χ2v) is 12.9. The quantitative estimate of drug-likeness (QED) is 0.347. The highest BCUT2D eigenvalue weighted by molar-refractivity contribution is 5.70. The van der Waals surface area contributed by atoms with Crippen molar-refractivity contribution in [2.75, 3.05) is 6.61 Å². The molecule has 11 nitrogen and oxygen atoms in total. The summed E-state index contributed by atoms with van der Waals surface area (Å²) in [5.74, 6) is -2.05. The van der Waals surface area contributed by atoms with Gasteiger partial charge in [-0.2, -0.15) is 0 Å². The summed E-state index contributed by atoms with van der Waals surface area (Å²) in [6, 6.07) is 5.02. The number of esters is 3. The molecule has 2 saturated carbocycles. The van der Waals surface area contributed by atoms with Gasteiger partial charge in [0.15, 0.2) is 0 Å². The van der Waals surface area contributed by atoms with Crippen LogP contribution in [-0.4, -0.2) is 52.4 Å². The first-order chi connectivity index (χ1) is 20.8. The van der Waals surface area contributed by atoms with Crippen LogP contribution < -0.4 is 10.4 Å². The first-order valence-corrected chi connectivity index (χ1v) is 15.3. The molecule has 8 atom stereocenters. The normalized spacial score (nSPS) is 33.9. The molecule has 2 aromatic rings. The van der Waals surface area contributed by atoms with Gasteiger partial charge in [0.1, 0.15) is 41.5 Å². The average Bonchev–Trinajstić information content (AvgIpc) is 2.98. The van der Waals surface area contributed by atoms with Gasteiger partial charge in [0.2, 0.25) is 0 Å². The number of ether oxygens (including phenoxy) is 4. The van der Waals surface area contributed by atoms with Gasteiger partial charge < -0.3 is 28.5 Å². The summed E-state index contributed by atoms with van der Waals surface area (Å²) >= 11 is 0. The minimum atomic E-state index is -1.34. The van der Waals surface area contributed by atoms with E-state index < -0.39 is 64.2 Å². The monoisotopic (exact) mass is 611 g/mol. The molecule has 0 unspecified atom stereocenters. The Balaban J connectivity index is 1.66. The lowest BCUT2D eigenvalue weighted by Gasteiger charge is -2.66. The van der Waals surface area contributed by atoms with Crippen molar-refractivity contribution in [2.24, 2.45) is 22.7 Å². The van der Waals surface area contributed by atoms with Gasteiger partial charge in [-0.15, -0.1) is 0 Å². The molecule has 1 N–H and O–H groups in total. The number of carbonyl (C=O) groups is 3. The third kappa shape index (κ3) is 5.18. The fourth-order valence-corrected chi connectivity index (χ4v) is 8.16. The maximum atomic E-state index is 13.5. The zero-order valence-corrected chi connectivity index (χ0v) is 26.1. The molecule has 2 aliphatic carbocycles. The Kier molecular flexibility index (Phi) is 8.39. The molecular formula is C33H41NO10. The van der Waals surface area contributed by atoms with Crippen LogP contribution in [0.5, 0.6) is 5.75 Å². The molecule has 44 heavy (non-hydrogen) atoms. The number of aromatic nitrogens is 1. The highest BCUT2D eigenvalue weighted by Crippen LogP contribution is 2.67. The molecule has 238 valence electrons. The fourth-order valence-electron chi connectivity index (χ4n) is 8.16. The van der Waals surface area contributed by atoms with E-state index in [0.717, 1.165) is 0 Å².